The molecule has 0 spiro atoms. The quantitative estimate of drug-likeness (QED) is 0.535. The van der Waals surface area contributed by atoms with Gasteiger partial charge in [0.1, 0.15) is 0 Å². The number of hydrogen-bond acceptors (Lipinski definition) is 2. The van der Waals surface area contributed by atoms with Crippen LogP contribution in [0.2, 0.25) is 0 Å². The lowest BCUT2D eigenvalue weighted by atomic mass is 10.1. The van der Waals surface area contributed by atoms with E-state index in [-0.39, 0.29) is 18.0 Å². The lowest BCUT2D eigenvalue weighted by Crippen LogP contribution is -2.41. The van der Waals surface area contributed by atoms with Crippen molar-refractivity contribution >= 4 is 12.0 Å². The Morgan fingerprint density at radius 1 is 1.11 bits per heavy atom. The number of urea groups is 1. The van der Waals surface area contributed by atoms with E-state index in [1.807, 2.05) is 6.92 Å². The number of carboxylic acid groups (broad SMARTS) is 1. The van der Waals surface area contributed by atoms with Crippen LogP contribution in [0.3, 0.4) is 0 Å². The maximum absolute atomic E-state index is 11.5. The highest BCUT2D eigenvalue weighted by atomic mass is 16.4. The van der Waals surface area contributed by atoms with Crippen LogP contribution < -0.4 is 10.6 Å². The molecule has 2 unspecified atom stereocenters. The number of nitrogens with one attached hydrogen (secondary N) is 2. The molecule has 0 bridgehead atoms. The Hall–Kier alpha value is -1.26. The smallest absolute Gasteiger partial charge is 0.314 e. The molecule has 2 amide bonds. The van der Waals surface area contributed by atoms with Gasteiger partial charge in [0.05, 0.1) is 5.92 Å². The number of amides is 2. The minimum atomic E-state index is -0.783. The summed E-state index contributed by atoms with van der Waals surface area (Å²) in [6.45, 7) is 6.36. The van der Waals surface area contributed by atoms with Gasteiger partial charge in [-0.3, -0.25) is 4.79 Å². The molecular weight excluding hydrogens is 244 g/mol. The molecule has 0 rings (SSSR count). The second kappa shape index (κ2) is 10.6. The predicted molar refractivity (Wildman–Crippen MR) is 76.2 cm³/mol. The third kappa shape index (κ3) is 10.4. The Morgan fingerprint density at radius 3 is 2.37 bits per heavy atom. The maximum Gasteiger partial charge on any atom is 0.314 e. The van der Waals surface area contributed by atoms with Crippen molar-refractivity contribution in [2.75, 3.05) is 6.54 Å². The van der Waals surface area contributed by atoms with Gasteiger partial charge in [0.15, 0.2) is 0 Å². The van der Waals surface area contributed by atoms with E-state index >= 15 is 0 Å². The predicted octanol–water partition coefficient (Wildman–Crippen LogP) is 2.76. The monoisotopic (exact) mass is 272 g/mol. The molecule has 0 aromatic heterocycles. The molecule has 0 radical (unpaired) electrons. The van der Waals surface area contributed by atoms with E-state index in [2.05, 4.69) is 17.6 Å². The Morgan fingerprint density at radius 2 is 1.79 bits per heavy atom. The molecule has 5 nitrogen and oxygen atoms in total. The summed E-state index contributed by atoms with van der Waals surface area (Å²) in [5.74, 6) is -1.13. The molecule has 0 saturated heterocycles. The summed E-state index contributed by atoms with van der Waals surface area (Å²) >= 11 is 0. The van der Waals surface area contributed by atoms with Crippen LogP contribution in [-0.2, 0) is 4.79 Å². The summed E-state index contributed by atoms with van der Waals surface area (Å²) in [7, 11) is 0. The molecule has 2 atom stereocenters. The zero-order chi connectivity index (χ0) is 14.7. The lowest BCUT2D eigenvalue weighted by molar-refractivity contribution is -0.141. The molecule has 0 fully saturated rings. The highest BCUT2D eigenvalue weighted by Gasteiger charge is 2.10. The van der Waals surface area contributed by atoms with E-state index in [1.54, 1.807) is 6.92 Å². The molecule has 0 aliphatic heterocycles. The largest absolute Gasteiger partial charge is 0.481 e. The minimum absolute atomic E-state index is 0.160. The first-order valence-corrected chi connectivity index (χ1v) is 7.24. The third-order valence-electron chi connectivity index (χ3n) is 3.14. The topological polar surface area (TPSA) is 78.4 Å². The van der Waals surface area contributed by atoms with Gasteiger partial charge in [-0.05, 0) is 26.2 Å². The van der Waals surface area contributed by atoms with Gasteiger partial charge < -0.3 is 15.7 Å². The Kier molecular flexibility index (Phi) is 9.94. The fourth-order valence-electron chi connectivity index (χ4n) is 1.78. The van der Waals surface area contributed by atoms with Crippen molar-refractivity contribution in [1.82, 2.24) is 10.6 Å². The van der Waals surface area contributed by atoms with Gasteiger partial charge in [-0.1, -0.05) is 33.1 Å². The summed E-state index contributed by atoms with van der Waals surface area (Å²) in [6, 6.07) is 0.0245. The number of unbranched alkanes of at least 4 members (excludes halogenated alkanes) is 2. The normalized spacial score (nSPS) is 13.6. The number of carboxylic acids is 1. The van der Waals surface area contributed by atoms with Crippen LogP contribution >= 0.6 is 0 Å². The van der Waals surface area contributed by atoms with E-state index in [1.165, 1.54) is 12.8 Å². The van der Waals surface area contributed by atoms with Crippen molar-refractivity contribution in [3.05, 3.63) is 0 Å². The van der Waals surface area contributed by atoms with Crippen LogP contribution in [0.1, 0.15) is 59.3 Å². The second-order valence-corrected chi connectivity index (χ2v) is 5.18. The SMILES string of the molecule is CCCCCC(C)NC(=O)NCCCC(C)C(=O)O. The highest BCUT2D eigenvalue weighted by Crippen LogP contribution is 2.04. The molecule has 19 heavy (non-hydrogen) atoms. The van der Waals surface area contributed by atoms with Crippen LogP contribution in [0.4, 0.5) is 4.79 Å². The molecule has 5 heteroatoms. The number of hydrogen-bond donors (Lipinski definition) is 3. The van der Waals surface area contributed by atoms with E-state index in [4.69, 9.17) is 5.11 Å². The fraction of sp³-hybridized carbons (Fsp3) is 0.857. The van der Waals surface area contributed by atoms with Gasteiger partial charge in [-0.2, -0.15) is 0 Å². The summed E-state index contributed by atoms with van der Waals surface area (Å²) in [5, 5.41) is 14.4. The fourth-order valence-corrected chi connectivity index (χ4v) is 1.78. The summed E-state index contributed by atoms with van der Waals surface area (Å²) in [4.78, 5) is 22.1. The van der Waals surface area contributed by atoms with Crippen LogP contribution in [-0.4, -0.2) is 29.7 Å². The lowest BCUT2D eigenvalue weighted by Gasteiger charge is -2.14. The molecule has 0 aromatic carbocycles. The first kappa shape index (κ1) is 17.7. The number of aliphatic carboxylic acids is 1. The first-order valence-electron chi connectivity index (χ1n) is 7.24. The van der Waals surface area contributed by atoms with Gasteiger partial charge in [0, 0.05) is 12.6 Å². The molecule has 0 aliphatic rings. The van der Waals surface area contributed by atoms with Gasteiger partial charge in [0.2, 0.25) is 0 Å². The van der Waals surface area contributed by atoms with E-state index in [0.29, 0.717) is 19.4 Å². The zero-order valence-electron chi connectivity index (χ0n) is 12.4. The number of carbonyl (C=O) groups excluding carboxylic acids is 1. The van der Waals surface area contributed by atoms with Gasteiger partial charge >= 0.3 is 12.0 Å². The molecule has 3 N–H and O–H groups in total. The number of rotatable bonds is 10. The second-order valence-electron chi connectivity index (χ2n) is 5.18. The average molecular weight is 272 g/mol. The van der Waals surface area contributed by atoms with Gasteiger partial charge in [-0.25, -0.2) is 4.79 Å². The van der Waals surface area contributed by atoms with E-state index in [0.717, 1.165) is 12.8 Å². The molecule has 0 saturated carbocycles. The van der Waals surface area contributed by atoms with Crippen LogP contribution in [0.5, 0.6) is 0 Å². The van der Waals surface area contributed by atoms with Crippen molar-refractivity contribution in [1.29, 1.82) is 0 Å². The zero-order valence-corrected chi connectivity index (χ0v) is 12.4. The molecule has 0 aliphatic carbocycles. The van der Waals surface area contributed by atoms with E-state index in [9.17, 15) is 9.59 Å². The Balaban J connectivity index is 3.56. The molecular formula is C14H28N2O3. The summed E-state index contributed by atoms with van der Waals surface area (Å²) in [5.41, 5.74) is 0. The standard InChI is InChI=1S/C14H28N2O3/c1-4-5-6-9-12(3)16-14(19)15-10-7-8-11(2)13(17)18/h11-12H,4-10H2,1-3H3,(H,17,18)(H2,15,16,19). The van der Waals surface area contributed by atoms with Crippen molar-refractivity contribution in [3.63, 3.8) is 0 Å². The van der Waals surface area contributed by atoms with Gasteiger partial charge in [0.25, 0.3) is 0 Å². The molecule has 0 heterocycles. The Bertz CT molecular complexity index is 269. The third-order valence-corrected chi connectivity index (χ3v) is 3.14. The van der Waals surface area contributed by atoms with Crippen LogP contribution in [0.15, 0.2) is 0 Å². The average Bonchev–Trinajstić information content (AvgIpc) is 2.34. The molecule has 0 aromatic rings. The summed E-state index contributed by atoms with van der Waals surface area (Å²) in [6.07, 6.45) is 5.78. The van der Waals surface area contributed by atoms with Gasteiger partial charge in [-0.15, -0.1) is 0 Å². The highest BCUT2D eigenvalue weighted by molar-refractivity contribution is 5.74. The van der Waals surface area contributed by atoms with Crippen LogP contribution in [0.25, 0.3) is 0 Å². The van der Waals surface area contributed by atoms with Crippen molar-refractivity contribution in [2.45, 2.75) is 65.3 Å². The van der Waals surface area contributed by atoms with Crippen molar-refractivity contribution in [2.24, 2.45) is 5.92 Å². The molecule has 112 valence electrons. The number of carbonyl (C=O) groups is 2. The first-order chi connectivity index (χ1) is 8.97. The van der Waals surface area contributed by atoms with Crippen molar-refractivity contribution < 1.29 is 14.7 Å². The maximum atomic E-state index is 11.5. The van der Waals surface area contributed by atoms with Crippen molar-refractivity contribution in [3.8, 4) is 0 Å². The van der Waals surface area contributed by atoms with Crippen LogP contribution in [0, 0.1) is 5.92 Å². The summed E-state index contributed by atoms with van der Waals surface area (Å²) < 4.78 is 0. The Labute approximate surface area is 116 Å². The minimum Gasteiger partial charge on any atom is -0.481 e. The van der Waals surface area contributed by atoms with E-state index < -0.39 is 5.97 Å².